The zero-order valence-electron chi connectivity index (χ0n) is 11.5. The summed E-state index contributed by atoms with van der Waals surface area (Å²) in [6, 6.07) is 6.31. The summed E-state index contributed by atoms with van der Waals surface area (Å²) in [5.41, 5.74) is 0.433. The maximum Gasteiger partial charge on any atom is 0.319 e. The monoisotopic (exact) mass is 264 g/mol. The molecule has 0 saturated heterocycles. The lowest BCUT2D eigenvalue weighted by atomic mass is 10.0. The van der Waals surface area contributed by atoms with Crippen molar-refractivity contribution in [3.8, 4) is 0 Å². The van der Waals surface area contributed by atoms with Crippen molar-refractivity contribution in [1.29, 1.82) is 0 Å². The lowest BCUT2D eigenvalue weighted by Crippen LogP contribution is -2.50. The van der Waals surface area contributed by atoms with Gasteiger partial charge in [0.1, 0.15) is 0 Å². The van der Waals surface area contributed by atoms with Crippen LogP contribution < -0.4 is 10.6 Å². The van der Waals surface area contributed by atoms with E-state index in [1.54, 1.807) is 31.2 Å². The number of urea groups is 1. The molecule has 3 N–H and O–H groups in total. The van der Waals surface area contributed by atoms with Crippen molar-refractivity contribution in [3.63, 3.8) is 0 Å². The van der Waals surface area contributed by atoms with Gasteiger partial charge in [0.25, 0.3) is 0 Å². The molecule has 1 rings (SSSR count). The third-order valence-corrected chi connectivity index (χ3v) is 3.07. The Morgan fingerprint density at radius 3 is 2.58 bits per heavy atom. The number of carbonyl (C=O) groups is 2. The third kappa shape index (κ3) is 4.37. The first kappa shape index (κ1) is 15.2. The lowest BCUT2D eigenvalue weighted by Gasteiger charge is -2.27. The minimum Gasteiger partial charge on any atom is -0.394 e. The average molecular weight is 264 g/mol. The van der Waals surface area contributed by atoms with Crippen molar-refractivity contribution in [2.45, 2.75) is 32.7 Å². The number of rotatable bonds is 5. The second-order valence-corrected chi connectivity index (χ2v) is 4.79. The number of ketones is 1. The molecule has 0 spiro atoms. The fraction of sp³-hybridized carbons (Fsp3) is 0.429. The van der Waals surface area contributed by atoms with Crippen LogP contribution >= 0.6 is 0 Å². The van der Waals surface area contributed by atoms with Crippen LogP contribution in [0.5, 0.6) is 0 Å². The molecule has 5 nitrogen and oxygen atoms in total. The zero-order valence-corrected chi connectivity index (χ0v) is 11.5. The summed E-state index contributed by atoms with van der Waals surface area (Å²) in [5.74, 6) is -0.0576. The molecule has 0 heterocycles. The van der Waals surface area contributed by atoms with Crippen LogP contribution in [-0.2, 0) is 0 Å². The Morgan fingerprint density at radius 1 is 1.37 bits per heavy atom. The SMILES string of the molecule is CCC(C)(CO)NC(=O)Nc1cccc(C(C)=O)c1. The first-order chi connectivity index (χ1) is 8.90. The van der Waals surface area contributed by atoms with Gasteiger partial charge < -0.3 is 15.7 Å². The normalized spacial score (nSPS) is 13.5. The van der Waals surface area contributed by atoms with E-state index in [9.17, 15) is 14.7 Å². The van der Waals surface area contributed by atoms with E-state index < -0.39 is 11.6 Å². The lowest BCUT2D eigenvalue weighted by molar-refractivity contribution is 0.101. The van der Waals surface area contributed by atoms with Gasteiger partial charge in [0.05, 0.1) is 12.1 Å². The van der Waals surface area contributed by atoms with Gasteiger partial charge in [0, 0.05) is 11.3 Å². The quantitative estimate of drug-likeness (QED) is 0.713. The highest BCUT2D eigenvalue weighted by molar-refractivity contribution is 5.96. The number of nitrogens with one attached hydrogen (secondary N) is 2. The maximum atomic E-state index is 11.8. The molecule has 0 aliphatic rings. The first-order valence-electron chi connectivity index (χ1n) is 6.21. The Morgan fingerprint density at radius 2 is 2.05 bits per heavy atom. The fourth-order valence-electron chi connectivity index (χ4n) is 1.49. The minimum atomic E-state index is -0.651. The zero-order chi connectivity index (χ0) is 14.5. The Hall–Kier alpha value is -1.88. The Labute approximate surface area is 113 Å². The van der Waals surface area contributed by atoms with E-state index in [1.807, 2.05) is 6.92 Å². The van der Waals surface area contributed by atoms with Crippen LogP contribution in [0.15, 0.2) is 24.3 Å². The van der Waals surface area contributed by atoms with Gasteiger partial charge in [0.15, 0.2) is 5.78 Å². The fourth-order valence-corrected chi connectivity index (χ4v) is 1.49. The van der Waals surface area contributed by atoms with E-state index in [4.69, 9.17) is 0 Å². The third-order valence-electron chi connectivity index (χ3n) is 3.07. The molecule has 1 aromatic carbocycles. The van der Waals surface area contributed by atoms with Crippen molar-refractivity contribution in [2.24, 2.45) is 0 Å². The van der Waals surface area contributed by atoms with Crippen molar-refractivity contribution < 1.29 is 14.7 Å². The van der Waals surface area contributed by atoms with Gasteiger partial charge in [0.2, 0.25) is 0 Å². The molecule has 1 atom stereocenters. The summed E-state index contributed by atoms with van der Waals surface area (Å²) in [4.78, 5) is 23.1. The topological polar surface area (TPSA) is 78.4 Å². The molecule has 0 aliphatic carbocycles. The minimum absolute atomic E-state index is 0.0576. The molecule has 0 aromatic heterocycles. The van der Waals surface area contributed by atoms with E-state index in [1.165, 1.54) is 6.92 Å². The highest BCUT2D eigenvalue weighted by Crippen LogP contribution is 2.12. The van der Waals surface area contributed by atoms with Gasteiger partial charge in [-0.3, -0.25) is 4.79 Å². The number of hydrogen-bond donors (Lipinski definition) is 3. The number of carbonyl (C=O) groups excluding carboxylic acids is 2. The van der Waals surface area contributed by atoms with Gasteiger partial charge >= 0.3 is 6.03 Å². The van der Waals surface area contributed by atoms with Gasteiger partial charge in [-0.1, -0.05) is 19.1 Å². The molecule has 5 heteroatoms. The Kier molecular flexibility index (Phi) is 5.06. The standard InChI is InChI=1S/C14H20N2O3/c1-4-14(3,9-17)16-13(19)15-12-7-5-6-11(8-12)10(2)18/h5-8,17H,4,9H2,1-3H3,(H2,15,16,19). The van der Waals surface area contributed by atoms with Gasteiger partial charge in [-0.15, -0.1) is 0 Å². The van der Waals surface area contributed by atoms with Gasteiger partial charge in [-0.2, -0.15) is 0 Å². The number of amides is 2. The predicted molar refractivity (Wildman–Crippen MR) is 74.4 cm³/mol. The van der Waals surface area contributed by atoms with Crippen LogP contribution in [0.4, 0.5) is 10.5 Å². The van der Waals surface area contributed by atoms with E-state index in [2.05, 4.69) is 10.6 Å². The van der Waals surface area contributed by atoms with E-state index in [-0.39, 0.29) is 12.4 Å². The van der Waals surface area contributed by atoms with Gasteiger partial charge in [-0.05, 0) is 32.4 Å². The summed E-state index contributed by atoms with van der Waals surface area (Å²) in [7, 11) is 0. The number of benzene rings is 1. The highest BCUT2D eigenvalue weighted by Gasteiger charge is 2.23. The maximum absolute atomic E-state index is 11.8. The molecule has 104 valence electrons. The van der Waals surface area contributed by atoms with Crippen LogP contribution in [-0.4, -0.2) is 29.1 Å². The largest absolute Gasteiger partial charge is 0.394 e. The molecule has 2 amide bonds. The molecule has 0 saturated carbocycles. The molecule has 1 aromatic rings. The molecule has 0 fully saturated rings. The summed E-state index contributed by atoms with van der Waals surface area (Å²) in [5, 5.41) is 14.6. The van der Waals surface area contributed by atoms with Crippen LogP contribution in [0.1, 0.15) is 37.6 Å². The van der Waals surface area contributed by atoms with Crippen molar-refractivity contribution in [1.82, 2.24) is 5.32 Å². The second-order valence-electron chi connectivity index (χ2n) is 4.79. The van der Waals surface area contributed by atoms with E-state index in [0.29, 0.717) is 17.7 Å². The van der Waals surface area contributed by atoms with Crippen LogP contribution in [0, 0.1) is 0 Å². The smallest absolute Gasteiger partial charge is 0.319 e. The number of aliphatic hydroxyl groups excluding tert-OH is 1. The molecular formula is C14H20N2O3. The van der Waals surface area contributed by atoms with E-state index in [0.717, 1.165) is 0 Å². The van der Waals surface area contributed by atoms with Crippen molar-refractivity contribution in [3.05, 3.63) is 29.8 Å². The van der Waals surface area contributed by atoms with Crippen LogP contribution in [0.3, 0.4) is 0 Å². The molecule has 19 heavy (non-hydrogen) atoms. The molecule has 1 unspecified atom stereocenters. The van der Waals surface area contributed by atoms with Crippen LogP contribution in [0.25, 0.3) is 0 Å². The van der Waals surface area contributed by atoms with Crippen molar-refractivity contribution >= 4 is 17.5 Å². The summed E-state index contributed by atoms with van der Waals surface area (Å²) in [6.45, 7) is 4.98. The number of Topliss-reactive ketones (excluding diaryl/α,β-unsaturated/α-hetero) is 1. The second kappa shape index (κ2) is 6.33. The highest BCUT2D eigenvalue weighted by atomic mass is 16.3. The number of anilines is 1. The predicted octanol–water partition coefficient (Wildman–Crippen LogP) is 2.17. The van der Waals surface area contributed by atoms with Gasteiger partial charge in [-0.25, -0.2) is 4.79 Å². The van der Waals surface area contributed by atoms with Crippen LogP contribution in [0.2, 0.25) is 0 Å². The molecule has 0 aliphatic heterocycles. The molecular weight excluding hydrogens is 244 g/mol. The molecule has 0 bridgehead atoms. The number of aliphatic hydroxyl groups is 1. The Balaban J connectivity index is 2.72. The summed E-state index contributed by atoms with van der Waals surface area (Å²) >= 11 is 0. The summed E-state index contributed by atoms with van der Waals surface area (Å²) < 4.78 is 0. The average Bonchev–Trinajstić information content (AvgIpc) is 2.38. The van der Waals surface area contributed by atoms with E-state index >= 15 is 0 Å². The Bertz CT molecular complexity index is 468. The first-order valence-corrected chi connectivity index (χ1v) is 6.21. The number of hydrogen-bond acceptors (Lipinski definition) is 3. The van der Waals surface area contributed by atoms with Crippen molar-refractivity contribution in [2.75, 3.05) is 11.9 Å². The molecule has 0 radical (unpaired) electrons. The summed E-state index contributed by atoms with van der Waals surface area (Å²) in [6.07, 6.45) is 0.615.